The molecule has 170 valence electrons. The van der Waals surface area contributed by atoms with Crippen molar-refractivity contribution in [2.45, 2.75) is 44.3 Å². The number of aromatic nitrogens is 2. The van der Waals surface area contributed by atoms with E-state index in [2.05, 4.69) is 62.3 Å². The predicted molar refractivity (Wildman–Crippen MR) is 130 cm³/mol. The zero-order valence-corrected chi connectivity index (χ0v) is 18.7. The smallest absolute Gasteiger partial charge is 0.274 e. The maximum Gasteiger partial charge on any atom is 0.274 e. The molecule has 1 amide bonds. The summed E-state index contributed by atoms with van der Waals surface area (Å²) in [5.74, 6) is -0.125. The molecule has 1 aliphatic carbocycles. The molecule has 1 saturated heterocycles. The summed E-state index contributed by atoms with van der Waals surface area (Å²) < 4.78 is 0. The average Bonchev–Trinajstić information content (AvgIpc) is 3.36. The van der Waals surface area contributed by atoms with E-state index in [4.69, 9.17) is 5.73 Å². The molecule has 1 aromatic heterocycles. The lowest BCUT2D eigenvalue weighted by molar-refractivity contribution is 0.0936. The predicted octanol–water partition coefficient (Wildman–Crippen LogP) is 2.98. The summed E-state index contributed by atoms with van der Waals surface area (Å²) in [5.41, 5.74) is 11.8. The van der Waals surface area contributed by atoms with Gasteiger partial charge in [0.25, 0.3) is 5.91 Å². The van der Waals surface area contributed by atoms with E-state index in [0.29, 0.717) is 11.7 Å². The zero-order chi connectivity index (χ0) is 22.6. The molecule has 5 N–H and O–H groups in total. The SMILES string of the molecule is Nc1ncc(-c2cccc(CN[C@H]3CCCc4ccccc43)c2)nc1C(=O)NC1CCNC1. The van der Waals surface area contributed by atoms with Gasteiger partial charge in [0.15, 0.2) is 11.5 Å². The molecule has 1 fully saturated rings. The first-order chi connectivity index (χ1) is 16.2. The van der Waals surface area contributed by atoms with E-state index in [9.17, 15) is 4.79 Å². The van der Waals surface area contributed by atoms with Gasteiger partial charge in [-0.3, -0.25) is 4.79 Å². The Labute approximate surface area is 194 Å². The molecule has 7 nitrogen and oxygen atoms in total. The molecule has 7 heteroatoms. The molecule has 33 heavy (non-hydrogen) atoms. The largest absolute Gasteiger partial charge is 0.382 e. The van der Waals surface area contributed by atoms with Crippen LogP contribution in [0.1, 0.15) is 52.5 Å². The van der Waals surface area contributed by atoms with E-state index in [0.717, 1.165) is 50.0 Å². The van der Waals surface area contributed by atoms with Crippen molar-refractivity contribution < 1.29 is 4.79 Å². The first kappa shape index (κ1) is 21.6. The second-order valence-corrected chi connectivity index (χ2v) is 8.88. The van der Waals surface area contributed by atoms with Gasteiger partial charge >= 0.3 is 0 Å². The molecule has 2 atom stereocenters. The van der Waals surface area contributed by atoms with Crippen molar-refractivity contribution in [2.75, 3.05) is 18.8 Å². The molecule has 0 spiro atoms. The maximum absolute atomic E-state index is 12.7. The lowest BCUT2D eigenvalue weighted by Crippen LogP contribution is -2.37. The quantitative estimate of drug-likeness (QED) is 0.468. The lowest BCUT2D eigenvalue weighted by atomic mass is 9.87. The zero-order valence-electron chi connectivity index (χ0n) is 18.7. The molecule has 5 rings (SSSR count). The van der Waals surface area contributed by atoms with Crippen LogP contribution in [0.5, 0.6) is 0 Å². The highest BCUT2D eigenvalue weighted by atomic mass is 16.2. The minimum Gasteiger partial charge on any atom is -0.382 e. The average molecular weight is 443 g/mol. The third kappa shape index (κ3) is 4.89. The standard InChI is InChI=1S/C26H30N6O/c27-25-24(26(33)31-20-11-12-28-15-20)32-23(16-30-25)19-8-3-5-17(13-19)14-29-22-10-4-7-18-6-1-2-9-21(18)22/h1-3,5-6,8-9,13,16,20,22,28-29H,4,7,10-12,14-15H2,(H2,27,30)(H,31,33)/t20?,22-/m0/s1. The fraction of sp³-hybridized carbons (Fsp3) is 0.346. The Morgan fingerprint density at radius 2 is 2.06 bits per heavy atom. The normalized spacial score (nSPS) is 19.8. The highest BCUT2D eigenvalue weighted by Crippen LogP contribution is 2.30. The molecule has 0 saturated carbocycles. The van der Waals surface area contributed by atoms with Crippen LogP contribution in [0.4, 0.5) is 5.82 Å². The number of hydrogen-bond acceptors (Lipinski definition) is 6. The van der Waals surface area contributed by atoms with Gasteiger partial charge in [-0.1, -0.05) is 42.5 Å². The Morgan fingerprint density at radius 1 is 1.15 bits per heavy atom. The van der Waals surface area contributed by atoms with Crippen molar-refractivity contribution in [3.63, 3.8) is 0 Å². The molecule has 0 bridgehead atoms. The third-order valence-corrected chi connectivity index (χ3v) is 6.56. The van der Waals surface area contributed by atoms with Crippen LogP contribution < -0.4 is 21.7 Å². The number of carbonyl (C=O) groups excluding carboxylic acids is 1. The van der Waals surface area contributed by atoms with E-state index in [1.165, 1.54) is 17.5 Å². The van der Waals surface area contributed by atoms with Gasteiger partial charge < -0.3 is 21.7 Å². The van der Waals surface area contributed by atoms with Crippen LogP contribution in [-0.2, 0) is 13.0 Å². The number of fused-ring (bicyclic) bond motifs is 1. The molecule has 1 unspecified atom stereocenters. The van der Waals surface area contributed by atoms with E-state index in [-0.39, 0.29) is 23.5 Å². The lowest BCUT2D eigenvalue weighted by Gasteiger charge is -2.26. The van der Waals surface area contributed by atoms with Gasteiger partial charge in [-0.15, -0.1) is 0 Å². The van der Waals surface area contributed by atoms with Crippen molar-refractivity contribution in [3.8, 4) is 11.3 Å². The molecule has 0 radical (unpaired) electrons. The molecular weight excluding hydrogens is 412 g/mol. The third-order valence-electron chi connectivity index (χ3n) is 6.56. The summed E-state index contributed by atoms with van der Waals surface area (Å²) in [4.78, 5) is 21.5. The van der Waals surface area contributed by atoms with Gasteiger partial charge in [-0.25, -0.2) is 9.97 Å². The van der Waals surface area contributed by atoms with Crippen molar-refractivity contribution >= 4 is 11.7 Å². The molecular formula is C26H30N6O. The number of nitrogen functional groups attached to an aromatic ring is 1. The topological polar surface area (TPSA) is 105 Å². The highest BCUT2D eigenvalue weighted by Gasteiger charge is 2.22. The van der Waals surface area contributed by atoms with E-state index in [1.807, 2.05) is 12.1 Å². The van der Waals surface area contributed by atoms with Crippen LogP contribution in [0.25, 0.3) is 11.3 Å². The maximum atomic E-state index is 12.7. The summed E-state index contributed by atoms with van der Waals surface area (Å²) >= 11 is 0. The molecule has 2 aromatic carbocycles. The summed E-state index contributed by atoms with van der Waals surface area (Å²) in [7, 11) is 0. The Morgan fingerprint density at radius 3 is 2.94 bits per heavy atom. The van der Waals surface area contributed by atoms with Crippen molar-refractivity contribution in [1.82, 2.24) is 25.9 Å². The summed E-state index contributed by atoms with van der Waals surface area (Å²) in [6.45, 7) is 2.43. The molecule has 2 aliphatic rings. The van der Waals surface area contributed by atoms with E-state index >= 15 is 0 Å². The number of rotatable bonds is 6. The number of benzene rings is 2. The van der Waals surface area contributed by atoms with Gasteiger partial charge in [0.05, 0.1) is 11.9 Å². The number of nitrogens with zero attached hydrogens (tertiary/aromatic N) is 2. The second kappa shape index (κ2) is 9.68. The van der Waals surface area contributed by atoms with Gasteiger partial charge in [0, 0.05) is 30.7 Å². The Hall–Kier alpha value is -3.29. The monoisotopic (exact) mass is 442 g/mol. The Kier molecular flexibility index (Phi) is 6.32. The number of hydrogen-bond donors (Lipinski definition) is 4. The van der Waals surface area contributed by atoms with Crippen LogP contribution >= 0.6 is 0 Å². The minimum absolute atomic E-state index is 0.0988. The summed E-state index contributed by atoms with van der Waals surface area (Å²) in [5, 5.41) is 9.96. The van der Waals surface area contributed by atoms with Crippen molar-refractivity contribution in [1.29, 1.82) is 0 Å². The highest BCUT2D eigenvalue weighted by molar-refractivity contribution is 5.97. The van der Waals surface area contributed by atoms with E-state index in [1.54, 1.807) is 6.20 Å². The van der Waals surface area contributed by atoms with Crippen LogP contribution in [0.3, 0.4) is 0 Å². The second-order valence-electron chi connectivity index (χ2n) is 8.88. The number of nitrogens with two attached hydrogens (primary N) is 1. The van der Waals surface area contributed by atoms with Gasteiger partial charge in [-0.05, 0) is 55.0 Å². The summed E-state index contributed by atoms with van der Waals surface area (Å²) in [6.07, 6.45) is 6.05. The van der Waals surface area contributed by atoms with E-state index < -0.39 is 0 Å². The number of carbonyl (C=O) groups is 1. The van der Waals surface area contributed by atoms with Crippen LogP contribution in [0, 0.1) is 0 Å². The van der Waals surface area contributed by atoms with Gasteiger partial charge in [0.2, 0.25) is 0 Å². The van der Waals surface area contributed by atoms with Crippen LogP contribution in [-0.4, -0.2) is 35.0 Å². The number of anilines is 1. The number of amides is 1. The summed E-state index contributed by atoms with van der Waals surface area (Å²) in [6, 6.07) is 17.4. The van der Waals surface area contributed by atoms with Gasteiger partial charge in [0.1, 0.15) is 0 Å². The van der Waals surface area contributed by atoms with Crippen LogP contribution in [0.2, 0.25) is 0 Å². The molecule has 2 heterocycles. The van der Waals surface area contributed by atoms with Crippen molar-refractivity contribution in [2.24, 2.45) is 0 Å². The van der Waals surface area contributed by atoms with Crippen molar-refractivity contribution in [3.05, 3.63) is 77.1 Å². The number of nitrogens with one attached hydrogen (secondary N) is 3. The number of aryl methyl sites for hydroxylation is 1. The Bertz CT molecular complexity index is 1140. The first-order valence-corrected chi connectivity index (χ1v) is 11.7. The minimum atomic E-state index is -0.274. The molecule has 3 aromatic rings. The fourth-order valence-corrected chi connectivity index (χ4v) is 4.78. The fourth-order valence-electron chi connectivity index (χ4n) is 4.78. The van der Waals surface area contributed by atoms with Crippen LogP contribution in [0.15, 0.2) is 54.7 Å². The first-order valence-electron chi connectivity index (χ1n) is 11.7. The molecule has 1 aliphatic heterocycles. The Balaban J connectivity index is 1.30. The van der Waals surface area contributed by atoms with Gasteiger partial charge in [-0.2, -0.15) is 0 Å².